The van der Waals surface area contributed by atoms with Gasteiger partial charge in [0.15, 0.2) is 17.5 Å². The fraction of sp³-hybridized carbons (Fsp3) is 0.0172. The van der Waals surface area contributed by atoms with Gasteiger partial charge >= 0.3 is 0 Å². The molecule has 9 aromatic carbocycles. The van der Waals surface area contributed by atoms with Crippen molar-refractivity contribution in [2.45, 2.75) is 5.41 Å². The van der Waals surface area contributed by atoms with E-state index in [0.29, 0.717) is 17.5 Å². The molecule has 0 amide bonds. The Morgan fingerprint density at radius 1 is 0.306 bits per heavy atom. The summed E-state index contributed by atoms with van der Waals surface area (Å²) in [4.78, 5) is 15.1. The second kappa shape index (κ2) is 14.5. The smallest absolute Gasteiger partial charge is 0.164 e. The molecule has 4 heteroatoms. The maximum atomic E-state index is 5.09. The lowest BCUT2D eigenvalue weighted by molar-refractivity contribution is 0.770. The first-order chi connectivity index (χ1) is 30.7. The summed E-state index contributed by atoms with van der Waals surface area (Å²) in [6.07, 6.45) is 0. The van der Waals surface area contributed by atoms with E-state index in [1.807, 2.05) is 60.7 Å². The molecule has 0 radical (unpaired) electrons. The van der Waals surface area contributed by atoms with Gasteiger partial charge in [-0.3, -0.25) is 0 Å². The molecule has 0 saturated heterocycles. The van der Waals surface area contributed by atoms with Crippen LogP contribution in [-0.2, 0) is 5.41 Å². The molecule has 0 N–H and O–H groups in total. The normalized spacial score (nSPS) is 12.6. The summed E-state index contributed by atoms with van der Waals surface area (Å²) in [6.45, 7) is 0. The van der Waals surface area contributed by atoms with Crippen molar-refractivity contribution in [3.05, 3.63) is 253 Å². The summed E-state index contributed by atoms with van der Waals surface area (Å²) in [7, 11) is 0. The van der Waals surface area contributed by atoms with E-state index in [0.717, 1.165) is 33.4 Å². The highest BCUT2D eigenvalue weighted by atomic mass is 15.0. The standard InChI is InChI=1S/C58H38N4/c1-5-18-39(19-6-1)42-32-34-53-49(37-42)50-38-45(58(44-25-11-4-12-26-44)51-30-15-13-28-47(51)48-29-14-16-31-52(48)58)33-35-54(50)62(53)46-27-17-24-43(36-46)57-60-55(40-20-7-2-8-21-40)59-56(61-57)41-22-9-3-10-23-41/h1-38H. The zero-order chi connectivity index (χ0) is 41.0. The Morgan fingerprint density at radius 2 is 0.774 bits per heavy atom. The Bertz CT molecular complexity index is 3350. The average molecular weight is 791 g/mol. The van der Waals surface area contributed by atoms with Crippen molar-refractivity contribution >= 4 is 21.8 Å². The highest BCUT2D eigenvalue weighted by Gasteiger charge is 2.46. The number of hydrogen-bond donors (Lipinski definition) is 0. The number of nitrogens with zero attached hydrogens (tertiary/aromatic N) is 4. The molecule has 0 fully saturated rings. The molecule has 290 valence electrons. The highest BCUT2D eigenvalue weighted by Crippen LogP contribution is 2.56. The molecular weight excluding hydrogens is 753 g/mol. The van der Waals surface area contributed by atoms with E-state index in [1.54, 1.807) is 0 Å². The van der Waals surface area contributed by atoms with E-state index in [2.05, 4.69) is 174 Å². The monoisotopic (exact) mass is 790 g/mol. The van der Waals surface area contributed by atoms with Crippen molar-refractivity contribution in [1.82, 2.24) is 19.5 Å². The van der Waals surface area contributed by atoms with Crippen LogP contribution in [0.1, 0.15) is 22.3 Å². The fourth-order valence-electron chi connectivity index (χ4n) is 9.78. The summed E-state index contributed by atoms with van der Waals surface area (Å²) in [6, 6.07) is 82.5. The quantitative estimate of drug-likeness (QED) is 0.161. The largest absolute Gasteiger partial charge is 0.309 e. The van der Waals surface area contributed by atoms with Crippen molar-refractivity contribution in [3.63, 3.8) is 0 Å². The first kappa shape index (κ1) is 35.7. The molecular formula is C58H38N4. The maximum Gasteiger partial charge on any atom is 0.164 e. The number of rotatable bonds is 7. The number of hydrogen-bond acceptors (Lipinski definition) is 3. The van der Waals surface area contributed by atoms with Crippen molar-refractivity contribution in [1.29, 1.82) is 0 Å². The Morgan fingerprint density at radius 3 is 1.37 bits per heavy atom. The topological polar surface area (TPSA) is 43.6 Å². The lowest BCUT2D eigenvalue weighted by Gasteiger charge is -2.34. The van der Waals surface area contributed by atoms with E-state index >= 15 is 0 Å². The number of benzene rings is 9. The second-order valence-corrected chi connectivity index (χ2v) is 16.0. The molecule has 1 aliphatic rings. The minimum Gasteiger partial charge on any atom is -0.309 e. The number of aromatic nitrogens is 4. The van der Waals surface area contributed by atoms with Crippen LogP contribution < -0.4 is 0 Å². The molecule has 0 spiro atoms. The highest BCUT2D eigenvalue weighted by molar-refractivity contribution is 6.11. The van der Waals surface area contributed by atoms with Crippen LogP contribution in [0.25, 0.3) is 83.9 Å². The van der Waals surface area contributed by atoms with Crippen LogP contribution in [0.15, 0.2) is 231 Å². The second-order valence-electron chi connectivity index (χ2n) is 16.0. The zero-order valence-electron chi connectivity index (χ0n) is 33.7. The van der Waals surface area contributed by atoms with Gasteiger partial charge in [-0.15, -0.1) is 0 Å². The molecule has 62 heavy (non-hydrogen) atoms. The minimum absolute atomic E-state index is 0.514. The van der Waals surface area contributed by atoms with Crippen molar-refractivity contribution < 1.29 is 0 Å². The molecule has 0 atom stereocenters. The molecule has 0 unspecified atom stereocenters. The number of fused-ring (bicyclic) bond motifs is 6. The fourth-order valence-corrected chi connectivity index (χ4v) is 9.78. The van der Waals surface area contributed by atoms with Gasteiger partial charge in [-0.1, -0.05) is 194 Å². The molecule has 4 nitrogen and oxygen atoms in total. The van der Waals surface area contributed by atoms with Gasteiger partial charge in [0.25, 0.3) is 0 Å². The first-order valence-electron chi connectivity index (χ1n) is 21.1. The van der Waals surface area contributed by atoms with Crippen LogP contribution in [0.2, 0.25) is 0 Å². The van der Waals surface area contributed by atoms with E-state index < -0.39 is 5.41 Å². The van der Waals surface area contributed by atoms with Gasteiger partial charge in [-0.05, 0) is 80.9 Å². The summed E-state index contributed by atoms with van der Waals surface area (Å²) < 4.78 is 2.40. The summed E-state index contributed by atoms with van der Waals surface area (Å²) in [5.41, 5.74) is 15.6. The van der Waals surface area contributed by atoms with E-state index in [9.17, 15) is 0 Å². The van der Waals surface area contributed by atoms with Gasteiger partial charge < -0.3 is 4.57 Å². The molecule has 2 heterocycles. The van der Waals surface area contributed by atoms with E-state index in [-0.39, 0.29) is 0 Å². The van der Waals surface area contributed by atoms with Gasteiger partial charge in [0.2, 0.25) is 0 Å². The Labute approximate surface area is 360 Å². The van der Waals surface area contributed by atoms with Gasteiger partial charge in [-0.2, -0.15) is 0 Å². The summed E-state index contributed by atoms with van der Waals surface area (Å²) in [5, 5.41) is 2.38. The maximum absolute atomic E-state index is 5.09. The van der Waals surface area contributed by atoms with Gasteiger partial charge in [-0.25, -0.2) is 15.0 Å². The molecule has 12 rings (SSSR count). The van der Waals surface area contributed by atoms with E-state index in [1.165, 1.54) is 55.3 Å². The summed E-state index contributed by atoms with van der Waals surface area (Å²) >= 11 is 0. The predicted molar refractivity (Wildman–Crippen MR) is 253 cm³/mol. The van der Waals surface area contributed by atoms with Crippen molar-refractivity contribution in [3.8, 4) is 62.1 Å². The third-order valence-electron chi connectivity index (χ3n) is 12.5. The molecule has 0 aliphatic heterocycles. The molecule has 11 aromatic rings. The molecule has 2 aromatic heterocycles. The molecule has 1 aliphatic carbocycles. The lowest BCUT2D eigenvalue weighted by Crippen LogP contribution is -2.28. The Hall–Kier alpha value is -8.21. The van der Waals surface area contributed by atoms with E-state index in [4.69, 9.17) is 15.0 Å². The molecule has 0 bridgehead atoms. The van der Waals surface area contributed by atoms with Crippen LogP contribution in [-0.4, -0.2) is 19.5 Å². The molecule has 0 saturated carbocycles. The SMILES string of the molecule is c1ccc(-c2ccc3c(c2)c2cc(C4(c5ccccc5)c5ccccc5-c5ccccc54)ccc2n3-c2cccc(-c3nc(-c4ccccc4)nc(-c4ccccc4)n3)c2)cc1. The van der Waals surface area contributed by atoms with Crippen molar-refractivity contribution in [2.24, 2.45) is 0 Å². The van der Waals surface area contributed by atoms with Crippen LogP contribution in [0.3, 0.4) is 0 Å². The third-order valence-corrected chi connectivity index (χ3v) is 12.5. The lowest BCUT2D eigenvalue weighted by atomic mass is 9.67. The summed E-state index contributed by atoms with van der Waals surface area (Å²) in [5.74, 6) is 1.90. The van der Waals surface area contributed by atoms with Crippen molar-refractivity contribution in [2.75, 3.05) is 0 Å². The minimum atomic E-state index is -0.514. The third kappa shape index (κ3) is 5.65. The zero-order valence-corrected chi connectivity index (χ0v) is 33.7. The van der Waals surface area contributed by atoms with Crippen LogP contribution >= 0.6 is 0 Å². The van der Waals surface area contributed by atoms with Crippen LogP contribution in [0, 0.1) is 0 Å². The predicted octanol–water partition coefficient (Wildman–Crippen LogP) is 14.0. The van der Waals surface area contributed by atoms with Gasteiger partial charge in [0, 0.05) is 33.2 Å². The van der Waals surface area contributed by atoms with Crippen LogP contribution in [0.5, 0.6) is 0 Å². The van der Waals surface area contributed by atoms with Gasteiger partial charge in [0.1, 0.15) is 0 Å². The first-order valence-corrected chi connectivity index (χ1v) is 21.1. The Kier molecular flexibility index (Phi) is 8.36. The Balaban J connectivity index is 1.10. The van der Waals surface area contributed by atoms with Gasteiger partial charge in [0.05, 0.1) is 16.4 Å². The van der Waals surface area contributed by atoms with Crippen LogP contribution in [0.4, 0.5) is 0 Å². The average Bonchev–Trinajstić information content (AvgIpc) is 3.85.